The highest BCUT2D eigenvalue weighted by atomic mass is 16.8. The first kappa shape index (κ1) is 50.8. The maximum atomic E-state index is 12.5. The molecule has 7 aliphatic heterocycles. The van der Waals surface area contributed by atoms with Crippen molar-refractivity contribution in [3.8, 4) is 0 Å². The minimum atomic E-state index is -2.11. The largest absolute Gasteiger partial charge is 0.481 e. The number of carboxylic acids is 1. The third kappa shape index (κ3) is 8.77. The van der Waals surface area contributed by atoms with Crippen molar-refractivity contribution in [1.82, 2.24) is 0 Å². The first-order valence-electron chi connectivity index (χ1n) is 24.2. The number of carboxylic acid groups (broad SMARTS) is 1. The van der Waals surface area contributed by atoms with Gasteiger partial charge in [-0.15, -0.1) is 0 Å². The van der Waals surface area contributed by atoms with Gasteiger partial charge in [0.05, 0.1) is 73.2 Å². The predicted octanol–water partition coefficient (Wildman–Crippen LogP) is 5.59. The first-order chi connectivity index (χ1) is 30.0. The molecule has 0 amide bonds. The molecule has 64 heavy (non-hydrogen) atoms. The lowest BCUT2D eigenvalue weighted by molar-refractivity contribution is -0.403. The van der Waals surface area contributed by atoms with Crippen LogP contribution in [0.1, 0.15) is 127 Å². The van der Waals surface area contributed by atoms with E-state index in [1.807, 2.05) is 20.8 Å². The van der Waals surface area contributed by atoms with Crippen LogP contribution in [0, 0.1) is 35.5 Å². The van der Waals surface area contributed by atoms with Crippen LogP contribution in [-0.2, 0) is 61.6 Å². The van der Waals surface area contributed by atoms with Crippen LogP contribution < -0.4 is 0 Å². The van der Waals surface area contributed by atoms with Crippen LogP contribution in [0.4, 0.5) is 0 Å². The molecule has 370 valence electrons. The van der Waals surface area contributed by atoms with Gasteiger partial charge in [0.2, 0.25) is 0 Å². The van der Waals surface area contributed by atoms with Gasteiger partial charge in [0.1, 0.15) is 17.1 Å². The zero-order valence-electron chi connectivity index (χ0n) is 41.0. The van der Waals surface area contributed by atoms with E-state index in [1.165, 1.54) is 6.92 Å². The van der Waals surface area contributed by atoms with Gasteiger partial charge < -0.3 is 72.2 Å². The van der Waals surface area contributed by atoms with Crippen LogP contribution in [0.5, 0.6) is 0 Å². The second-order valence-electron chi connectivity index (χ2n) is 21.3. The molecule has 0 bridgehead atoms. The SMILES string of the molecule is CO[C@H]1CC[C@H](O[C@@]2(C)[C@H](C[C@@H]3C[C@@H](OC)[C@@H](C)[C@]4(O3)O[C@](C)([C@H]3CC[C@@H]([C@H]5CC[C@H]([C@H]6O[C@](C)(O)[C@H](C)C[C@@H]6C)O5)O3)[C@H](OC)[C@H]4C)O[C@](O)([C@@H](C)C(=O)O)[C@@H](C)[C@@H]2OC)O[C@@H]1C. The molecule has 0 aromatic heterocycles. The molecule has 0 aromatic rings. The molecule has 7 saturated heterocycles. The molecule has 16 heteroatoms. The van der Waals surface area contributed by atoms with Crippen LogP contribution in [0.2, 0.25) is 0 Å². The van der Waals surface area contributed by atoms with E-state index in [2.05, 4.69) is 27.7 Å². The Bertz CT molecular complexity index is 1600. The number of ether oxygens (including phenoxy) is 12. The molecular weight excluding hydrogens is 833 g/mol. The van der Waals surface area contributed by atoms with Crippen molar-refractivity contribution >= 4 is 5.97 Å². The summed E-state index contributed by atoms with van der Waals surface area (Å²) in [6.07, 6.45) is 1.06. The van der Waals surface area contributed by atoms with Crippen LogP contribution in [0.15, 0.2) is 0 Å². The molecule has 0 aromatic carbocycles. The van der Waals surface area contributed by atoms with Crippen LogP contribution in [-0.4, -0.2) is 158 Å². The molecule has 0 aliphatic carbocycles. The molecule has 16 nitrogen and oxygen atoms in total. The molecule has 3 N–H and O–H groups in total. The maximum absolute atomic E-state index is 12.5. The van der Waals surface area contributed by atoms with Gasteiger partial charge in [-0.3, -0.25) is 4.79 Å². The fourth-order valence-electron chi connectivity index (χ4n) is 13.3. The van der Waals surface area contributed by atoms with Crippen molar-refractivity contribution in [1.29, 1.82) is 0 Å². The number of hydrogen-bond donors (Lipinski definition) is 3. The Kier molecular flexibility index (Phi) is 15.1. The van der Waals surface area contributed by atoms with Gasteiger partial charge in [-0.25, -0.2) is 0 Å². The predicted molar refractivity (Wildman–Crippen MR) is 231 cm³/mol. The number of carbonyl (C=O) groups is 1. The molecule has 1 spiro atoms. The fourth-order valence-corrected chi connectivity index (χ4v) is 13.3. The summed E-state index contributed by atoms with van der Waals surface area (Å²) in [5.41, 5.74) is -2.16. The van der Waals surface area contributed by atoms with Gasteiger partial charge in [0.15, 0.2) is 23.7 Å². The van der Waals surface area contributed by atoms with E-state index in [1.54, 1.807) is 42.3 Å². The summed E-state index contributed by atoms with van der Waals surface area (Å²) >= 11 is 0. The first-order valence-corrected chi connectivity index (χ1v) is 24.2. The number of rotatable bonds is 13. The van der Waals surface area contributed by atoms with Gasteiger partial charge >= 0.3 is 5.97 Å². The Morgan fingerprint density at radius 1 is 0.703 bits per heavy atom. The van der Waals surface area contributed by atoms with Crippen molar-refractivity contribution < 1.29 is 77.0 Å². The number of methoxy groups -OCH3 is 4. The van der Waals surface area contributed by atoms with Gasteiger partial charge in [-0.2, -0.15) is 0 Å². The van der Waals surface area contributed by atoms with Crippen molar-refractivity contribution in [2.24, 2.45) is 35.5 Å². The van der Waals surface area contributed by atoms with E-state index >= 15 is 0 Å². The number of aliphatic hydroxyl groups is 2. The Balaban J connectivity index is 1.13. The van der Waals surface area contributed by atoms with Crippen molar-refractivity contribution in [3.63, 3.8) is 0 Å². The van der Waals surface area contributed by atoms with E-state index in [9.17, 15) is 20.1 Å². The summed E-state index contributed by atoms with van der Waals surface area (Å²) in [6, 6.07) is 0. The van der Waals surface area contributed by atoms with Crippen molar-refractivity contribution in [2.75, 3.05) is 28.4 Å². The Hall–Kier alpha value is -1.09. The van der Waals surface area contributed by atoms with Crippen LogP contribution in [0.25, 0.3) is 0 Å². The number of hydrogen-bond acceptors (Lipinski definition) is 15. The molecule has 0 unspecified atom stereocenters. The Morgan fingerprint density at radius 2 is 1.34 bits per heavy atom. The molecule has 7 heterocycles. The van der Waals surface area contributed by atoms with E-state index in [0.29, 0.717) is 19.3 Å². The maximum Gasteiger partial charge on any atom is 0.311 e. The quantitative estimate of drug-likeness (QED) is 0.207. The summed E-state index contributed by atoms with van der Waals surface area (Å²) in [6.45, 7) is 19.2. The highest BCUT2D eigenvalue weighted by molar-refractivity contribution is 5.70. The van der Waals surface area contributed by atoms with Gasteiger partial charge in [0.25, 0.3) is 0 Å². The zero-order valence-corrected chi connectivity index (χ0v) is 41.0. The zero-order chi connectivity index (χ0) is 46.9. The minimum absolute atomic E-state index is 0.0384. The normalized spacial score (nSPS) is 54.1. The lowest BCUT2D eigenvalue weighted by Gasteiger charge is -2.58. The smallest absolute Gasteiger partial charge is 0.311 e. The molecule has 7 fully saturated rings. The summed E-state index contributed by atoms with van der Waals surface area (Å²) < 4.78 is 79.0. The lowest BCUT2D eigenvalue weighted by Crippen LogP contribution is -2.71. The summed E-state index contributed by atoms with van der Waals surface area (Å²) in [5, 5.41) is 33.5. The molecule has 7 rings (SSSR count). The van der Waals surface area contributed by atoms with E-state index in [4.69, 9.17) is 56.8 Å². The summed E-state index contributed by atoms with van der Waals surface area (Å²) in [5.74, 6) is -8.05. The second kappa shape index (κ2) is 19.0. The standard InChI is InChI=1S/C48H82O16/c1-24-21-25(2)46(10,51)63-40(24)35-16-15-33(58-35)34-17-19-37(59-34)45(9)42(56-14)28(5)48(64-45)26(3)36(54-12)22-31(60-48)23-38-44(8,62-39-20-18-32(53-11)30(7)57-39)41(55-13)27(4)47(52,61-38)29(6)43(49)50/h24-42,51-52H,15-23H2,1-14H3,(H,49,50)/t24-,25+,26+,27-,28+,29-,30+,31-,32-,33+,34-,35+,36+,37+,38-,39-,40-,41-,42+,44-,45+,46-,47-,48-/m0/s1. The monoisotopic (exact) mass is 915 g/mol. The number of aliphatic carboxylic acids is 1. The Labute approximate surface area is 381 Å². The molecule has 0 saturated carbocycles. The molecular formula is C48H82O16. The highest BCUT2D eigenvalue weighted by Crippen LogP contribution is 2.57. The Morgan fingerprint density at radius 3 is 1.97 bits per heavy atom. The average Bonchev–Trinajstić information content (AvgIpc) is 3.98. The lowest BCUT2D eigenvalue weighted by atomic mass is 9.71. The van der Waals surface area contributed by atoms with Gasteiger partial charge in [0, 0.05) is 71.4 Å². The fraction of sp³-hybridized carbons (Fsp3) is 0.979. The summed E-state index contributed by atoms with van der Waals surface area (Å²) in [4.78, 5) is 12.5. The average molecular weight is 915 g/mol. The minimum Gasteiger partial charge on any atom is -0.481 e. The van der Waals surface area contributed by atoms with E-state index in [-0.39, 0.29) is 78.9 Å². The topological polar surface area (TPSA) is 189 Å². The van der Waals surface area contributed by atoms with Gasteiger partial charge in [-0.1, -0.05) is 34.6 Å². The van der Waals surface area contributed by atoms with Crippen LogP contribution in [0.3, 0.4) is 0 Å². The summed E-state index contributed by atoms with van der Waals surface area (Å²) in [7, 11) is 6.61. The second-order valence-corrected chi connectivity index (χ2v) is 21.3. The van der Waals surface area contributed by atoms with Gasteiger partial charge in [-0.05, 0) is 79.1 Å². The van der Waals surface area contributed by atoms with E-state index in [0.717, 1.165) is 32.1 Å². The molecule has 0 radical (unpaired) electrons. The van der Waals surface area contributed by atoms with Crippen molar-refractivity contribution in [2.45, 2.75) is 235 Å². The highest BCUT2D eigenvalue weighted by Gasteiger charge is 2.70. The van der Waals surface area contributed by atoms with Crippen molar-refractivity contribution in [3.05, 3.63) is 0 Å². The third-order valence-electron chi connectivity index (χ3n) is 17.4. The molecule has 24 atom stereocenters. The van der Waals surface area contributed by atoms with Crippen LogP contribution >= 0.6 is 0 Å². The molecule has 7 aliphatic rings. The third-order valence-corrected chi connectivity index (χ3v) is 17.4. The van der Waals surface area contributed by atoms with E-state index < -0.39 is 77.1 Å².